The zero-order valence-electron chi connectivity index (χ0n) is 13.2. The molecule has 0 unspecified atom stereocenters. The van der Waals surface area contributed by atoms with Gasteiger partial charge in [-0.25, -0.2) is 18.4 Å². The average Bonchev–Trinajstić information content (AvgIpc) is 2.52. The van der Waals surface area contributed by atoms with Gasteiger partial charge in [0.15, 0.2) is 0 Å². The van der Waals surface area contributed by atoms with Crippen LogP contribution in [0.25, 0.3) is 0 Å². The number of aryl methyl sites for hydroxylation is 1. The van der Waals surface area contributed by atoms with Crippen LogP contribution < -0.4 is 15.2 Å². The lowest BCUT2D eigenvalue weighted by molar-refractivity contribution is -0.383. The van der Waals surface area contributed by atoms with Gasteiger partial charge in [-0.1, -0.05) is 17.7 Å². The summed E-state index contributed by atoms with van der Waals surface area (Å²) in [6, 6.07) is 6.15. The van der Waals surface area contributed by atoms with Gasteiger partial charge in [0, 0.05) is 14.1 Å². The Hall–Kier alpha value is -2.79. The molecule has 0 amide bonds. The van der Waals surface area contributed by atoms with Gasteiger partial charge in [-0.2, -0.15) is 0 Å². The molecule has 10 nitrogen and oxygen atoms in total. The van der Waals surface area contributed by atoms with Crippen LogP contribution in [0.15, 0.2) is 35.5 Å². The topological polar surface area (TPSA) is 130 Å². The van der Waals surface area contributed by atoms with Gasteiger partial charge in [0.2, 0.25) is 11.6 Å². The molecule has 0 radical (unpaired) electrons. The van der Waals surface area contributed by atoms with Crippen molar-refractivity contribution in [2.45, 2.75) is 11.8 Å². The minimum absolute atomic E-state index is 0.0187. The standard InChI is InChI=1S/C13H16N6O4S/c1-9-4-6-10(7-5-9)24(22,23)17-16-12-11(19(20)21)13(18(2)3)15-8-14-12/h4-8,17H,1-3H3,(H,14,15,16). The van der Waals surface area contributed by atoms with Crippen molar-refractivity contribution in [3.8, 4) is 0 Å². The summed E-state index contributed by atoms with van der Waals surface area (Å²) < 4.78 is 24.4. The van der Waals surface area contributed by atoms with Crippen molar-refractivity contribution in [1.29, 1.82) is 0 Å². The van der Waals surface area contributed by atoms with E-state index in [1.165, 1.54) is 17.0 Å². The number of anilines is 2. The molecule has 0 spiro atoms. The monoisotopic (exact) mass is 352 g/mol. The van der Waals surface area contributed by atoms with Gasteiger partial charge < -0.3 is 4.90 Å². The van der Waals surface area contributed by atoms with Crippen molar-refractivity contribution < 1.29 is 13.3 Å². The third-order valence-corrected chi connectivity index (χ3v) is 4.31. The minimum Gasteiger partial charge on any atom is -0.357 e. The predicted molar refractivity (Wildman–Crippen MR) is 88.1 cm³/mol. The number of nitro groups is 1. The van der Waals surface area contributed by atoms with E-state index in [1.54, 1.807) is 26.2 Å². The van der Waals surface area contributed by atoms with Gasteiger partial charge in [0.25, 0.3) is 10.0 Å². The minimum atomic E-state index is -3.91. The van der Waals surface area contributed by atoms with Crippen molar-refractivity contribution in [3.05, 3.63) is 46.3 Å². The fraction of sp³-hybridized carbons (Fsp3) is 0.231. The van der Waals surface area contributed by atoms with Gasteiger partial charge in [0.1, 0.15) is 6.33 Å². The Morgan fingerprint density at radius 1 is 1.17 bits per heavy atom. The van der Waals surface area contributed by atoms with Gasteiger partial charge in [-0.15, -0.1) is 4.83 Å². The molecule has 0 saturated heterocycles. The molecule has 0 aliphatic rings. The number of hydrogen-bond donors (Lipinski definition) is 2. The highest BCUT2D eigenvalue weighted by Crippen LogP contribution is 2.30. The second-order valence-corrected chi connectivity index (χ2v) is 6.77. The van der Waals surface area contributed by atoms with Crippen LogP contribution in [0.2, 0.25) is 0 Å². The van der Waals surface area contributed by atoms with Crippen LogP contribution in [0.3, 0.4) is 0 Å². The molecule has 1 aromatic carbocycles. The van der Waals surface area contributed by atoms with Crippen LogP contribution in [0.1, 0.15) is 5.56 Å². The Morgan fingerprint density at radius 3 is 2.33 bits per heavy atom. The van der Waals surface area contributed by atoms with E-state index in [0.717, 1.165) is 11.9 Å². The highest BCUT2D eigenvalue weighted by atomic mass is 32.2. The van der Waals surface area contributed by atoms with Gasteiger partial charge >= 0.3 is 5.69 Å². The third kappa shape index (κ3) is 3.75. The van der Waals surface area contributed by atoms with Crippen LogP contribution in [0, 0.1) is 17.0 Å². The molecule has 2 aromatic rings. The Labute approximate surface area is 138 Å². The molecule has 0 aliphatic heterocycles. The first-order chi connectivity index (χ1) is 11.2. The molecule has 1 heterocycles. The largest absolute Gasteiger partial charge is 0.357 e. The molecular formula is C13H16N6O4S. The average molecular weight is 352 g/mol. The van der Waals surface area contributed by atoms with Crippen LogP contribution in [0.4, 0.5) is 17.3 Å². The highest BCUT2D eigenvalue weighted by Gasteiger charge is 2.25. The lowest BCUT2D eigenvalue weighted by Gasteiger charge is -2.14. The van der Waals surface area contributed by atoms with Crippen molar-refractivity contribution in [3.63, 3.8) is 0 Å². The maximum atomic E-state index is 12.2. The number of aromatic nitrogens is 2. The Morgan fingerprint density at radius 2 is 1.79 bits per heavy atom. The molecule has 0 saturated carbocycles. The van der Waals surface area contributed by atoms with E-state index in [0.29, 0.717) is 0 Å². The first-order valence-electron chi connectivity index (χ1n) is 6.73. The quantitative estimate of drug-likeness (QED) is 0.583. The van der Waals surface area contributed by atoms with Crippen LogP contribution >= 0.6 is 0 Å². The van der Waals surface area contributed by atoms with Gasteiger partial charge in [0.05, 0.1) is 9.82 Å². The Bertz CT molecular complexity index is 851. The van der Waals surface area contributed by atoms with Gasteiger partial charge in [-0.05, 0) is 19.1 Å². The lowest BCUT2D eigenvalue weighted by atomic mass is 10.2. The number of sulfonamides is 1. The van der Waals surface area contributed by atoms with Crippen LogP contribution in [-0.2, 0) is 10.0 Å². The van der Waals surface area contributed by atoms with E-state index >= 15 is 0 Å². The fourth-order valence-corrected chi connectivity index (χ4v) is 2.69. The maximum Gasteiger partial charge on any atom is 0.354 e. The molecular weight excluding hydrogens is 336 g/mol. The SMILES string of the molecule is Cc1ccc(S(=O)(=O)NNc2ncnc(N(C)C)c2[N+](=O)[O-])cc1. The Balaban J connectivity index is 2.30. The molecule has 128 valence electrons. The second-order valence-electron chi connectivity index (χ2n) is 5.09. The summed E-state index contributed by atoms with van der Waals surface area (Å²) in [5.74, 6) is -0.207. The zero-order chi connectivity index (χ0) is 17.9. The van der Waals surface area contributed by atoms with E-state index in [1.807, 2.05) is 6.92 Å². The third-order valence-electron chi connectivity index (χ3n) is 3.04. The zero-order valence-corrected chi connectivity index (χ0v) is 14.0. The van der Waals surface area contributed by atoms with Crippen molar-refractivity contribution in [2.24, 2.45) is 0 Å². The summed E-state index contributed by atoms with van der Waals surface area (Å²) in [5, 5.41) is 11.3. The van der Waals surface area contributed by atoms with Crippen molar-refractivity contribution in [2.75, 3.05) is 24.4 Å². The number of rotatable bonds is 6. The van der Waals surface area contributed by atoms with E-state index in [-0.39, 0.29) is 16.5 Å². The number of hydrogen-bond acceptors (Lipinski definition) is 8. The predicted octanol–water partition coefficient (Wildman–Crippen LogP) is 1.06. The molecule has 2 rings (SSSR count). The van der Waals surface area contributed by atoms with Gasteiger partial charge in [-0.3, -0.25) is 15.5 Å². The summed E-state index contributed by atoms with van der Waals surface area (Å²) in [4.78, 5) is 21.7. The molecule has 24 heavy (non-hydrogen) atoms. The van der Waals surface area contributed by atoms with E-state index in [4.69, 9.17) is 0 Å². The summed E-state index contributed by atoms with van der Waals surface area (Å²) in [6.07, 6.45) is 1.10. The van der Waals surface area contributed by atoms with E-state index in [2.05, 4.69) is 20.2 Å². The second kappa shape index (κ2) is 6.76. The normalized spacial score (nSPS) is 11.1. The summed E-state index contributed by atoms with van der Waals surface area (Å²) in [7, 11) is -0.751. The number of nitrogens with zero attached hydrogens (tertiary/aromatic N) is 4. The number of nitrogens with one attached hydrogen (secondary N) is 2. The highest BCUT2D eigenvalue weighted by molar-refractivity contribution is 7.89. The molecule has 0 fully saturated rings. The first-order valence-corrected chi connectivity index (χ1v) is 8.22. The fourth-order valence-electron chi connectivity index (χ4n) is 1.85. The first kappa shape index (κ1) is 17.6. The molecule has 2 N–H and O–H groups in total. The van der Waals surface area contributed by atoms with Crippen molar-refractivity contribution >= 4 is 27.3 Å². The molecule has 11 heteroatoms. The summed E-state index contributed by atoms with van der Waals surface area (Å²) in [6.45, 7) is 1.83. The maximum absolute atomic E-state index is 12.2. The molecule has 0 atom stereocenters. The number of benzene rings is 1. The lowest BCUT2D eigenvalue weighted by Crippen LogP contribution is -2.30. The molecule has 0 bridgehead atoms. The van der Waals surface area contributed by atoms with Crippen molar-refractivity contribution in [1.82, 2.24) is 14.8 Å². The Kier molecular flexibility index (Phi) is 4.95. The number of hydrazine groups is 1. The summed E-state index contributed by atoms with van der Waals surface area (Å²) in [5.41, 5.74) is 2.76. The molecule has 0 aliphatic carbocycles. The van der Waals surface area contributed by atoms with Crippen LogP contribution in [-0.4, -0.2) is 37.4 Å². The summed E-state index contributed by atoms with van der Waals surface area (Å²) >= 11 is 0. The smallest absolute Gasteiger partial charge is 0.354 e. The van der Waals surface area contributed by atoms with E-state index in [9.17, 15) is 18.5 Å². The van der Waals surface area contributed by atoms with E-state index < -0.39 is 20.6 Å². The molecule has 1 aromatic heterocycles. The van der Waals surface area contributed by atoms with Crippen LogP contribution in [0.5, 0.6) is 0 Å².